The Morgan fingerprint density at radius 2 is 2.05 bits per heavy atom. The summed E-state index contributed by atoms with van der Waals surface area (Å²) in [7, 11) is 0. The smallest absolute Gasteiger partial charge is 0.132 e. The summed E-state index contributed by atoms with van der Waals surface area (Å²) in [6.45, 7) is 1.95. The number of nitrogens with zero attached hydrogens (tertiary/aromatic N) is 2. The zero-order valence-electron chi connectivity index (χ0n) is 10.6. The van der Waals surface area contributed by atoms with Gasteiger partial charge >= 0.3 is 0 Å². The van der Waals surface area contributed by atoms with Crippen LogP contribution in [0.2, 0.25) is 0 Å². The summed E-state index contributed by atoms with van der Waals surface area (Å²) in [5, 5.41) is -0.154. The zero-order valence-corrected chi connectivity index (χ0v) is 15.1. The first kappa shape index (κ1) is 14.4. The molecule has 3 rings (SSSR count). The van der Waals surface area contributed by atoms with Gasteiger partial charge in [0.05, 0.1) is 16.4 Å². The Hall–Kier alpha value is -0.590. The number of hydrogen-bond donors (Lipinski definition) is 0. The number of benzene rings is 2. The topological polar surface area (TPSA) is 17.8 Å². The van der Waals surface area contributed by atoms with E-state index in [2.05, 4.69) is 78.4 Å². The van der Waals surface area contributed by atoms with Gasteiger partial charge in [0.15, 0.2) is 0 Å². The van der Waals surface area contributed by atoms with E-state index in [1.165, 1.54) is 3.57 Å². The van der Waals surface area contributed by atoms with Crippen molar-refractivity contribution >= 4 is 61.2 Å². The Kier molecular flexibility index (Phi) is 4.06. The fraction of sp³-hybridized carbons (Fsp3) is 0.133. The first-order chi connectivity index (χ1) is 9.56. The summed E-state index contributed by atoms with van der Waals surface area (Å²) in [6, 6.07) is 14.4. The lowest BCUT2D eigenvalue weighted by molar-refractivity contribution is 0.882. The van der Waals surface area contributed by atoms with Gasteiger partial charge in [-0.15, -0.1) is 11.6 Å². The van der Waals surface area contributed by atoms with Crippen LogP contribution in [-0.4, -0.2) is 9.55 Å². The van der Waals surface area contributed by atoms with Crippen LogP contribution in [0.1, 0.15) is 18.1 Å². The minimum Gasteiger partial charge on any atom is -0.295 e. The van der Waals surface area contributed by atoms with E-state index >= 15 is 0 Å². The molecule has 0 spiro atoms. The van der Waals surface area contributed by atoms with Crippen molar-refractivity contribution in [3.05, 3.63) is 56.3 Å². The molecule has 1 atom stereocenters. The summed E-state index contributed by atoms with van der Waals surface area (Å²) in [5.74, 6) is 0.863. The van der Waals surface area contributed by atoms with Crippen LogP contribution < -0.4 is 0 Å². The van der Waals surface area contributed by atoms with Crippen molar-refractivity contribution in [2.24, 2.45) is 0 Å². The number of fused-ring (bicyclic) bond motifs is 1. The van der Waals surface area contributed by atoms with Crippen LogP contribution in [0.4, 0.5) is 0 Å². The molecule has 20 heavy (non-hydrogen) atoms. The summed E-state index contributed by atoms with van der Waals surface area (Å²) in [5.41, 5.74) is 3.11. The van der Waals surface area contributed by atoms with Gasteiger partial charge in [0.25, 0.3) is 0 Å². The molecule has 0 fully saturated rings. The molecule has 0 amide bonds. The summed E-state index contributed by atoms with van der Waals surface area (Å²) in [4.78, 5) is 4.69. The second-order valence-corrected chi connectivity index (χ2v) is 7.35. The van der Waals surface area contributed by atoms with Gasteiger partial charge in [-0.05, 0) is 65.9 Å². The largest absolute Gasteiger partial charge is 0.295 e. The third-order valence-electron chi connectivity index (χ3n) is 3.06. The van der Waals surface area contributed by atoms with E-state index in [1.807, 2.05) is 19.1 Å². The van der Waals surface area contributed by atoms with Crippen molar-refractivity contribution in [2.45, 2.75) is 12.3 Å². The molecular formula is C15H11BrClIN2. The fourth-order valence-electron chi connectivity index (χ4n) is 2.23. The number of halogens is 3. The van der Waals surface area contributed by atoms with Crippen molar-refractivity contribution in [3.8, 4) is 5.69 Å². The summed E-state index contributed by atoms with van der Waals surface area (Å²) >= 11 is 12.1. The molecule has 102 valence electrons. The SMILES string of the molecule is CC(Cl)c1nc2cc(I)ccc2n1-c1cccc(Br)c1. The molecule has 0 aliphatic heterocycles. The molecule has 0 aliphatic carbocycles. The second kappa shape index (κ2) is 5.66. The van der Waals surface area contributed by atoms with Crippen LogP contribution >= 0.6 is 50.1 Å². The van der Waals surface area contributed by atoms with Gasteiger partial charge in [0, 0.05) is 13.7 Å². The van der Waals surface area contributed by atoms with E-state index in [-0.39, 0.29) is 5.38 Å². The molecule has 0 radical (unpaired) electrons. The maximum absolute atomic E-state index is 6.31. The van der Waals surface area contributed by atoms with E-state index in [1.54, 1.807) is 0 Å². The first-order valence-electron chi connectivity index (χ1n) is 6.14. The number of aromatic nitrogens is 2. The van der Waals surface area contributed by atoms with Crippen molar-refractivity contribution in [1.29, 1.82) is 0 Å². The van der Waals surface area contributed by atoms with Gasteiger partial charge in [0.2, 0.25) is 0 Å². The average Bonchev–Trinajstić information content (AvgIpc) is 2.77. The Morgan fingerprint density at radius 1 is 1.25 bits per heavy atom. The molecule has 1 heterocycles. The van der Waals surface area contributed by atoms with Crippen molar-refractivity contribution in [2.75, 3.05) is 0 Å². The average molecular weight is 462 g/mol. The lowest BCUT2D eigenvalue weighted by Crippen LogP contribution is -2.01. The Labute approximate surface area is 144 Å². The van der Waals surface area contributed by atoms with Crippen LogP contribution in [0.25, 0.3) is 16.7 Å². The first-order valence-corrected chi connectivity index (χ1v) is 8.45. The Balaban J connectivity index is 2.34. The molecule has 0 saturated carbocycles. The molecule has 1 unspecified atom stereocenters. The number of alkyl halides is 1. The number of rotatable bonds is 2. The van der Waals surface area contributed by atoms with Crippen molar-refractivity contribution < 1.29 is 0 Å². The lowest BCUT2D eigenvalue weighted by atomic mass is 10.2. The van der Waals surface area contributed by atoms with Gasteiger partial charge in [-0.3, -0.25) is 4.57 Å². The molecular weight excluding hydrogens is 450 g/mol. The van der Waals surface area contributed by atoms with E-state index in [0.29, 0.717) is 0 Å². The molecule has 5 heteroatoms. The van der Waals surface area contributed by atoms with Gasteiger partial charge < -0.3 is 0 Å². The molecule has 3 aromatic rings. The maximum Gasteiger partial charge on any atom is 0.132 e. The molecule has 0 N–H and O–H groups in total. The molecule has 0 bridgehead atoms. The minimum absolute atomic E-state index is 0.154. The van der Waals surface area contributed by atoms with E-state index < -0.39 is 0 Å². The Morgan fingerprint density at radius 3 is 2.75 bits per heavy atom. The maximum atomic E-state index is 6.31. The summed E-state index contributed by atoms with van der Waals surface area (Å²) < 4.78 is 4.33. The van der Waals surface area contributed by atoms with Crippen LogP contribution in [-0.2, 0) is 0 Å². The monoisotopic (exact) mass is 460 g/mol. The molecule has 1 aromatic heterocycles. The number of hydrogen-bond acceptors (Lipinski definition) is 1. The van der Waals surface area contributed by atoms with E-state index in [9.17, 15) is 0 Å². The quantitative estimate of drug-likeness (QED) is 0.354. The molecule has 0 aliphatic rings. The van der Waals surface area contributed by atoms with Gasteiger partial charge in [0.1, 0.15) is 5.82 Å². The van der Waals surface area contributed by atoms with Crippen molar-refractivity contribution in [1.82, 2.24) is 9.55 Å². The fourth-order valence-corrected chi connectivity index (χ4v) is 3.23. The third kappa shape index (κ3) is 2.61. The highest BCUT2D eigenvalue weighted by Crippen LogP contribution is 2.29. The standard InChI is InChI=1S/C15H11BrClIN2/c1-9(17)15-19-13-8-11(18)5-6-14(13)20(15)12-4-2-3-10(16)7-12/h2-9H,1H3. The minimum atomic E-state index is -0.154. The normalized spacial score (nSPS) is 12.8. The predicted octanol–water partition coefficient (Wildman–Crippen LogP) is 5.69. The van der Waals surface area contributed by atoms with Crippen LogP contribution in [0.3, 0.4) is 0 Å². The number of imidazole rings is 1. The van der Waals surface area contributed by atoms with Crippen LogP contribution in [0.15, 0.2) is 46.9 Å². The van der Waals surface area contributed by atoms with Gasteiger partial charge in [-0.1, -0.05) is 22.0 Å². The highest BCUT2D eigenvalue weighted by molar-refractivity contribution is 14.1. The lowest BCUT2D eigenvalue weighted by Gasteiger charge is -2.11. The van der Waals surface area contributed by atoms with Gasteiger partial charge in [-0.2, -0.15) is 0 Å². The Bertz CT molecular complexity index is 783. The third-order valence-corrected chi connectivity index (χ3v) is 4.42. The van der Waals surface area contributed by atoms with Crippen LogP contribution in [0.5, 0.6) is 0 Å². The predicted molar refractivity (Wildman–Crippen MR) is 95.8 cm³/mol. The molecule has 0 saturated heterocycles. The van der Waals surface area contributed by atoms with Gasteiger partial charge in [-0.25, -0.2) is 4.98 Å². The highest BCUT2D eigenvalue weighted by Gasteiger charge is 2.16. The van der Waals surface area contributed by atoms with E-state index in [4.69, 9.17) is 11.6 Å². The zero-order chi connectivity index (χ0) is 14.3. The highest BCUT2D eigenvalue weighted by atomic mass is 127. The van der Waals surface area contributed by atoms with Crippen LogP contribution in [0, 0.1) is 3.57 Å². The van der Waals surface area contributed by atoms with Crippen molar-refractivity contribution in [3.63, 3.8) is 0 Å². The summed E-state index contributed by atoms with van der Waals surface area (Å²) in [6.07, 6.45) is 0. The van der Waals surface area contributed by atoms with E-state index in [0.717, 1.165) is 27.0 Å². The molecule has 2 nitrogen and oxygen atoms in total. The second-order valence-electron chi connectivity index (χ2n) is 4.53. The molecule has 2 aromatic carbocycles.